The second kappa shape index (κ2) is 4.34. The molecule has 0 bridgehead atoms. The SMILES string of the molecule is CN1CCCN(C=O)CCC1. The van der Waals surface area contributed by atoms with Crippen molar-refractivity contribution in [3.8, 4) is 0 Å². The van der Waals surface area contributed by atoms with Gasteiger partial charge in [-0.1, -0.05) is 0 Å². The van der Waals surface area contributed by atoms with Gasteiger partial charge in [-0.05, 0) is 33.0 Å². The van der Waals surface area contributed by atoms with E-state index in [0.29, 0.717) is 0 Å². The minimum atomic E-state index is 0.924. The Labute approximate surface area is 68.0 Å². The number of carbonyl (C=O) groups is 1. The standard InChI is InChI=1S/C8H16N2O/c1-9-4-2-6-10(8-11)7-3-5-9/h8H,2-7H2,1H3. The van der Waals surface area contributed by atoms with Crippen LogP contribution in [0.25, 0.3) is 0 Å². The zero-order valence-corrected chi connectivity index (χ0v) is 7.12. The van der Waals surface area contributed by atoms with Gasteiger partial charge in [0.2, 0.25) is 6.41 Å². The van der Waals surface area contributed by atoms with E-state index in [1.807, 2.05) is 4.90 Å². The molecular weight excluding hydrogens is 140 g/mol. The average Bonchev–Trinajstić information content (AvgIpc) is 1.96. The minimum Gasteiger partial charge on any atom is -0.345 e. The Morgan fingerprint density at radius 2 is 1.64 bits per heavy atom. The zero-order chi connectivity index (χ0) is 8.10. The molecule has 1 rings (SSSR count). The summed E-state index contributed by atoms with van der Waals surface area (Å²) < 4.78 is 0. The van der Waals surface area contributed by atoms with Crippen LogP contribution in [-0.2, 0) is 4.79 Å². The van der Waals surface area contributed by atoms with E-state index in [0.717, 1.165) is 45.4 Å². The maximum atomic E-state index is 10.4. The van der Waals surface area contributed by atoms with Gasteiger partial charge in [-0.3, -0.25) is 4.79 Å². The van der Waals surface area contributed by atoms with Crippen molar-refractivity contribution in [3.63, 3.8) is 0 Å². The number of rotatable bonds is 1. The predicted molar refractivity (Wildman–Crippen MR) is 44.4 cm³/mol. The smallest absolute Gasteiger partial charge is 0.209 e. The van der Waals surface area contributed by atoms with E-state index in [9.17, 15) is 4.79 Å². The highest BCUT2D eigenvalue weighted by molar-refractivity contribution is 5.46. The molecule has 0 aromatic rings. The molecule has 3 heteroatoms. The van der Waals surface area contributed by atoms with Crippen LogP contribution in [0.15, 0.2) is 0 Å². The van der Waals surface area contributed by atoms with Gasteiger partial charge >= 0.3 is 0 Å². The Morgan fingerprint density at radius 3 is 2.09 bits per heavy atom. The summed E-state index contributed by atoms with van der Waals surface area (Å²) in [4.78, 5) is 14.6. The Morgan fingerprint density at radius 1 is 1.09 bits per heavy atom. The highest BCUT2D eigenvalue weighted by Crippen LogP contribution is 1.99. The van der Waals surface area contributed by atoms with Gasteiger partial charge in [0.05, 0.1) is 0 Å². The lowest BCUT2D eigenvalue weighted by Gasteiger charge is -2.25. The molecule has 64 valence electrons. The van der Waals surface area contributed by atoms with Gasteiger partial charge in [-0.25, -0.2) is 0 Å². The molecule has 0 aromatic carbocycles. The van der Waals surface area contributed by atoms with Gasteiger partial charge in [0.1, 0.15) is 0 Å². The number of nitrogens with zero attached hydrogens (tertiary/aromatic N) is 2. The van der Waals surface area contributed by atoms with Crippen molar-refractivity contribution < 1.29 is 4.79 Å². The fourth-order valence-corrected chi connectivity index (χ4v) is 1.42. The highest BCUT2D eigenvalue weighted by atomic mass is 16.1. The van der Waals surface area contributed by atoms with Gasteiger partial charge in [-0.15, -0.1) is 0 Å². The monoisotopic (exact) mass is 156 g/mol. The lowest BCUT2D eigenvalue weighted by atomic mass is 10.2. The number of amides is 1. The summed E-state index contributed by atoms with van der Waals surface area (Å²) >= 11 is 0. The first-order valence-electron chi connectivity index (χ1n) is 4.21. The summed E-state index contributed by atoms with van der Waals surface area (Å²) in [5.41, 5.74) is 0. The van der Waals surface area contributed by atoms with Gasteiger partial charge < -0.3 is 9.80 Å². The van der Waals surface area contributed by atoms with E-state index < -0.39 is 0 Å². The van der Waals surface area contributed by atoms with Gasteiger partial charge in [0.15, 0.2) is 0 Å². The molecule has 1 fully saturated rings. The molecule has 11 heavy (non-hydrogen) atoms. The summed E-state index contributed by atoms with van der Waals surface area (Å²) in [6, 6.07) is 0. The Hall–Kier alpha value is -0.570. The summed E-state index contributed by atoms with van der Waals surface area (Å²) in [6.45, 7) is 4.08. The van der Waals surface area contributed by atoms with Crippen molar-refractivity contribution >= 4 is 6.41 Å². The zero-order valence-electron chi connectivity index (χ0n) is 7.12. The van der Waals surface area contributed by atoms with Gasteiger partial charge in [-0.2, -0.15) is 0 Å². The van der Waals surface area contributed by atoms with E-state index in [-0.39, 0.29) is 0 Å². The van der Waals surface area contributed by atoms with Crippen LogP contribution in [0.2, 0.25) is 0 Å². The summed E-state index contributed by atoms with van der Waals surface area (Å²) in [5.74, 6) is 0. The molecule has 0 N–H and O–H groups in total. The quantitative estimate of drug-likeness (QED) is 0.505. The first kappa shape index (κ1) is 8.53. The van der Waals surface area contributed by atoms with Crippen molar-refractivity contribution in [1.29, 1.82) is 0 Å². The van der Waals surface area contributed by atoms with E-state index in [4.69, 9.17) is 0 Å². The second-order valence-corrected chi connectivity index (χ2v) is 3.15. The fraction of sp³-hybridized carbons (Fsp3) is 0.875. The van der Waals surface area contributed by atoms with Crippen LogP contribution < -0.4 is 0 Å². The number of hydrogen-bond donors (Lipinski definition) is 0. The molecule has 0 saturated carbocycles. The first-order valence-corrected chi connectivity index (χ1v) is 4.21. The van der Waals surface area contributed by atoms with Crippen LogP contribution in [0.3, 0.4) is 0 Å². The van der Waals surface area contributed by atoms with Crippen molar-refractivity contribution in [2.24, 2.45) is 0 Å². The highest BCUT2D eigenvalue weighted by Gasteiger charge is 2.07. The van der Waals surface area contributed by atoms with Crippen LogP contribution in [0.4, 0.5) is 0 Å². The van der Waals surface area contributed by atoms with E-state index in [2.05, 4.69) is 11.9 Å². The molecule has 1 saturated heterocycles. The molecule has 0 radical (unpaired) electrons. The van der Waals surface area contributed by atoms with Crippen LogP contribution in [-0.4, -0.2) is 49.4 Å². The molecule has 0 aliphatic carbocycles. The van der Waals surface area contributed by atoms with Crippen LogP contribution in [0, 0.1) is 0 Å². The second-order valence-electron chi connectivity index (χ2n) is 3.15. The maximum Gasteiger partial charge on any atom is 0.209 e. The Kier molecular flexibility index (Phi) is 3.36. The largest absolute Gasteiger partial charge is 0.345 e. The number of carbonyl (C=O) groups excluding carboxylic acids is 1. The van der Waals surface area contributed by atoms with Crippen molar-refractivity contribution in [2.45, 2.75) is 12.8 Å². The minimum absolute atomic E-state index is 0.924. The summed E-state index contributed by atoms with van der Waals surface area (Å²) in [6.07, 6.45) is 3.18. The molecule has 3 nitrogen and oxygen atoms in total. The van der Waals surface area contributed by atoms with Crippen molar-refractivity contribution in [2.75, 3.05) is 33.2 Å². The topological polar surface area (TPSA) is 23.6 Å². The Balaban J connectivity index is 2.28. The lowest BCUT2D eigenvalue weighted by molar-refractivity contribution is -0.118. The van der Waals surface area contributed by atoms with Crippen molar-refractivity contribution in [1.82, 2.24) is 9.80 Å². The lowest BCUT2D eigenvalue weighted by Crippen LogP contribution is -2.34. The van der Waals surface area contributed by atoms with E-state index >= 15 is 0 Å². The molecule has 0 atom stereocenters. The average molecular weight is 156 g/mol. The molecule has 0 spiro atoms. The third-order valence-corrected chi connectivity index (χ3v) is 2.12. The summed E-state index contributed by atoms with van der Waals surface area (Å²) in [5, 5.41) is 0. The third-order valence-electron chi connectivity index (χ3n) is 2.12. The predicted octanol–water partition coefficient (Wildman–Crippen LogP) is 0.170. The first-order chi connectivity index (χ1) is 5.33. The molecular formula is C8H16N2O. The van der Waals surface area contributed by atoms with Crippen LogP contribution in [0.1, 0.15) is 12.8 Å². The fourth-order valence-electron chi connectivity index (χ4n) is 1.42. The maximum absolute atomic E-state index is 10.4. The third kappa shape index (κ3) is 2.89. The molecule has 0 aromatic heterocycles. The number of hydrogen-bond acceptors (Lipinski definition) is 2. The molecule has 1 aliphatic heterocycles. The Bertz CT molecular complexity index is 117. The molecule has 0 unspecified atom stereocenters. The van der Waals surface area contributed by atoms with Crippen LogP contribution in [0.5, 0.6) is 0 Å². The van der Waals surface area contributed by atoms with Gasteiger partial charge in [0, 0.05) is 13.1 Å². The molecule has 1 amide bonds. The van der Waals surface area contributed by atoms with Crippen molar-refractivity contribution in [3.05, 3.63) is 0 Å². The normalized spacial score (nSPS) is 22.5. The molecule has 1 heterocycles. The summed E-state index contributed by atoms with van der Waals surface area (Å²) in [7, 11) is 2.14. The van der Waals surface area contributed by atoms with E-state index in [1.54, 1.807) is 0 Å². The van der Waals surface area contributed by atoms with Crippen LogP contribution >= 0.6 is 0 Å². The van der Waals surface area contributed by atoms with E-state index in [1.165, 1.54) is 0 Å². The van der Waals surface area contributed by atoms with Gasteiger partial charge in [0.25, 0.3) is 0 Å². The molecule has 1 aliphatic rings.